The van der Waals surface area contributed by atoms with Gasteiger partial charge in [0.25, 0.3) is 5.91 Å². The summed E-state index contributed by atoms with van der Waals surface area (Å²) in [6.45, 7) is 4.04. The van der Waals surface area contributed by atoms with Crippen LogP contribution in [-0.2, 0) is 4.79 Å². The molecule has 1 fully saturated rings. The van der Waals surface area contributed by atoms with Gasteiger partial charge in [-0.15, -0.1) is 11.3 Å². The number of hydrogen-bond acceptors (Lipinski definition) is 4. The van der Waals surface area contributed by atoms with Gasteiger partial charge in [0.05, 0.1) is 10.6 Å². The molecule has 2 aromatic rings. The molecule has 1 aromatic carbocycles. The number of anilines is 1. The van der Waals surface area contributed by atoms with Crippen LogP contribution in [0.3, 0.4) is 0 Å². The Morgan fingerprint density at radius 2 is 2.05 bits per heavy atom. The summed E-state index contributed by atoms with van der Waals surface area (Å²) in [7, 11) is 0. The lowest BCUT2D eigenvalue weighted by Crippen LogP contribution is -2.28. The van der Waals surface area contributed by atoms with Gasteiger partial charge < -0.3 is 0 Å². The van der Waals surface area contributed by atoms with Crippen LogP contribution < -0.4 is 4.90 Å². The van der Waals surface area contributed by atoms with Crippen molar-refractivity contribution in [3.8, 4) is 0 Å². The van der Waals surface area contributed by atoms with Crippen molar-refractivity contribution in [2.75, 3.05) is 4.90 Å². The van der Waals surface area contributed by atoms with Crippen molar-refractivity contribution in [1.82, 2.24) is 0 Å². The van der Waals surface area contributed by atoms with Gasteiger partial charge in [-0.3, -0.25) is 9.69 Å². The van der Waals surface area contributed by atoms with E-state index in [-0.39, 0.29) is 5.91 Å². The lowest BCUT2D eigenvalue weighted by atomic mass is 10.1. The van der Waals surface area contributed by atoms with Gasteiger partial charge in [0.15, 0.2) is 4.32 Å². The predicted molar refractivity (Wildman–Crippen MR) is 95.9 cm³/mol. The van der Waals surface area contributed by atoms with Crippen LogP contribution in [0.25, 0.3) is 6.08 Å². The summed E-state index contributed by atoms with van der Waals surface area (Å²) in [6, 6.07) is 10.00. The van der Waals surface area contributed by atoms with Crippen LogP contribution in [0.4, 0.5) is 5.69 Å². The SMILES string of the molecule is Cc1ccc(N2C(=O)/C(=C/c3cccs3)SC2=S)c(C)c1. The van der Waals surface area contributed by atoms with E-state index in [1.165, 1.54) is 17.3 Å². The Bertz CT molecular complexity index is 747. The Morgan fingerprint density at radius 1 is 1.24 bits per heavy atom. The topological polar surface area (TPSA) is 20.3 Å². The number of carbonyl (C=O) groups is 1. The monoisotopic (exact) mass is 331 g/mol. The molecule has 0 unspecified atom stereocenters. The van der Waals surface area contributed by atoms with Crippen molar-refractivity contribution < 1.29 is 4.79 Å². The van der Waals surface area contributed by atoms with Gasteiger partial charge in [0.2, 0.25) is 0 Å². The quantitative estimate of drug-likeness (QED) is 0.584. The number of thiophene rings is 1. The predicted octanol–water partition coefficient (Wildman–Crippen LogP) is 4.77. The summed E-state index contributed by atoms with van der Waals surface area (Å²) in [5, 5.41) is 2.00. The second-order valence-electron chi connectivity index (χ2n) is 4.82. The Kier molecular flexibility index (Phi) is 3.97. The van der Waals surface area contributed by atoms with E-state index in [1.807, 2.05) is 49.6 Å². The van der Waals surface area contributed by atoms with Gasteiger partial charge in [-0.05, 0) is 43.0 Å². The minimum Gasteiger partial charge on any atom is -0.268 e. The second kappa shape index (κ2) is 5.75. The molecule has 1 aromatic heterocycles. The zero-order valence-electron chi connectivity index (χ0n) is 11.6. The number of aryl methyl sites for hydroxylation is 2. The van der Waals surface area contributed by atoms with Gasteiger partial charge in [-0.2, -0.15) is 0 Å². The van der Waals surface area contributed by atoms with Crippen LogP contribution in [0.5, 0.6) is 0 Å². The van der Waals surface area contributed by atoms with Crippen molar-refractivity contribution in [3.63, 3.8) is 0 Å². The van der Waals surface area contributed by atoms with Crippen LogP contribution in [-0.4, -0.2) is 10.2 Å². The van der Waals surface area contributed by atoms with E-state index >= 15 is 0 Å². The molecular formula is C16H13NOS3. The maximum Gasteiger partial charge on any atom is 0.270 e. The van der Waals surface area contributed by atoms with Crippen molar-refractivity contribution >= 4 is 57.3 Å². The number of amides is 1. The summed E-state index contributed by atoms with van der Waals surface area (Å²) in [5.74, 6) is -0.0367. The number of thioether (sulfide) groups is 1. The molecule has 106 valence electrons. The van der Waals surface area contributed by atoms with Crippen molar-refractivity contribution in [1.29, 1.82) is 0 Å². The van der Waals surface area contributed by atoms with Crippen LogP contribution in [0.2, 0.25) is 0 Å². The smallest absolute Gasteiger partial charge is 0.268 e. The van der Waals surface area contributed by atoms with E-state index in [4.69, 9.17) is 12.2 Å². The van der Waals surface area contributed by atoms with E-state index in [9.17, 15) is 4.79 Å². The van der Waals surface area contributed by atoms with Crippen LogP contribution >= 0.6 is 35.3 Å². The lowest BCUT2D eigenvalue weighted by Gasteiger charge is -2.17. The number of hydrogen-bond donors (Lipinski definition) is 0. The molecule has 1 aliphatic rings. The number of benzene rings is 1. The fraction of sp³-hybridized carbons (Fsp3) is 0.125. The number of thiocarbonyl (C=S) groups is 1. The second-order valence-corrected chi connectivity index (χ2v) is 7.48. The average molecular weight is 331 g/mol. The molecular weight excluding hydrogens is 318 g/mol. The summed E-state index contributed by atoms with van der Waals surface area (Å²) in [6.07, 6.45) is 1.91. The molecule has 5 heteroatoms. The van der Waals surface area contributed by atoms with Crippen LogP contribution in [0.15, 0.2) is 40.6 Å². The highest BCUT2D eigenvalue weighted by Crippen LogP contribution is 2.37. The first-order chi connectivity index (χ1) is 10.1. The van der Waals surface area contributed by atoms with Gasteiger partial charge in [0.1, 0.15) is 0 Å². The van der Waals surface area contributed by atoms with E-state index in [1.54, 1.807) is 16.2 Å². The fourth-order valence-electron chi connectivity index (χ4n) is 2.23. The third-order valence-electron chi connectivity index (χ3n) is 3.20. The molecule has 21 heavy (non-hydrogen) atoms. The zero-order valence-corrected chi connectivity index (χ0v) is 14.1. The molecule has 1 amide bonds. The first-order valence-electron chi connectivity index (χ1n) is 6.45. The summed E-state index contributed by atoms with van der Waals surface area (Å²) in [5.41, 5.74) is 3.11. The molecule has 0 spiro atoms. The lowest BCUT2D eigenvalue weighted by molar-refractivity contribution is -0.113. The minimum atomic E-state index is -0.0367. The Labute approximate surface area is 137 Å². The molecule has 0 atom stereocenters. The maximum atomic E-state index is 12.6. The van der Waals surface area contributed by atoms with Crippen molar-refractivity contribution in [2.24, 2.45) is 0 Å². The standard InChI is InChI=1S/C16H13NOS3/c1-10-5-6-13(11(2)8-10)17-15(18)14(21-16(17)19)9-12-4-3-7-20-12/h3-9H,1-2H3/b14-9-. The Balaban J connectivity index is 1.98. The van der Waals surface area contributed by atoms with Gasteiger partial charge >= 0.3 is 0 Å². The van der Waals surface area contributed by atoms with Gasteiger partial charge in [-0.1, -0.05) is 47.7 Å². The molecule has 1 aliphatic heterocycles. The molecule has 0 radical (unpaired) electrons. The highest BCUT2D eigenvalue weighted by molar-refractivity contribution is 8.27. The normalized spacial score (nSPS) is 17.0. The van der Waals surface area contributed by atoms with E-state index in [2.05, 4.69) is 6.07 Å². The summed E-state index contributed by atoms with van der Waals surface area (Å²) >= 11 is 8.37. The third kappa shape index (κ3) is 2.81. The van der Waals surface area contributed by atoms with Crippen LogP contribution in [0, 0.1) is 13.8 Å². The number of nitrogens with zero attached hydrogens (tertiary/aromatic N) is 1. The molecule has 1 saturated heterocycles. The first-order valence-corrected chi connectivity index (χ1v) is 8.55. The fourth-order valence-corrected chi connectivity index (χ4v) is 4.24. The number of carbonyl (C=O) groups excluding carboxylic acids is 1. The van der Waals surface area contributed by atoms with E-state index < -0.39 is 0 Å². The molecule has 3 rings (SSSR count). The maximum absolute atomic E-state index is 12.6. The molecule has 2 heterocycles. The first kappa shape index (κ1) is 14.5. The van der Waals surface area contributed by atoms with E-state index in [0.29, 0.717) is 9.23 Å². The molecule has 0 N–H and O–H groups in total. The highest BCUT2D eigenvalue weighted by Gasteiger charge is 2.34. The van der Waals surface area contributed by atoms with Crippen molar-refractivity contribution in [2.45, 2.75) is 13.8 Å². The molecule has 2 nitrogen and oxygen atoms in total. The van der Waals surface area contributed by atoms with Crippen molar-refractivity contribution in [3.05, 3.63) is 56.6 Å². The highest BCUT2D eigenvalue weighted by atomic mass is 32.2. The Morgan fingerprint density at radius 3 is 2.71 bits per heavy atom. The average Bonchev–Trinajstić information content (AvgIpc) is 3.02. The van der Waals surface area contributed by atoms with Gasteiger partial charge in [0, 0.05) is 4.88 Å². The molecule has 0 aliphatic carbocycles. The molecule has 0 saturated carbocycles. The summed E-state index contributed by atoms with van der Waals surface area (Å²) in [4.78, 5) is 16.0. The Hall–Kier alpha value is -1.43. The summed E-state index contributed by atoms with van der Waals surface area (Å²) < 4.78 is 0.592. The van der Waals surface area contributed by atoms with Gasteiger partial charge in [-0.25, -0.2) is 0 Å². The van der Waals surface area contributed by atoms with E-state index in [0.717, 1.165) is 16.1 Å². The third-order valence-corrected chi connectivity index (χ3v) is 5.32. The minimum absolute atomic E-state index is 0.0367. The zero-order chi connectivity index (χ0) is 15.0. The van der Waals surface area contributed by atoms with Crippen LogP contribution in [0.1, 0.15) is 16.0 Å². The molecule has 0 bridgehead atoms. The largest absolute Gasteiger partial charge is 0.270 e. The number of rotatable bonds is 2.